The maximum absolute atomic E-state index is 12.7. The van der Waals surface area contributed by atoms with Crippen molar-refractivity contribution < 1.29 is 9.53 Å². The molecule has 1 N–H and O–H groups in total. The minimum Gasteiger partial charge on any atom is -0.496 e. The number of anilines is 1. The highest BCUT2D eigenvalue weighted by molar-refractivity contribution is 7.21. The molecule has 0 radical (unpaired) electrons. The number of thiazole rings is 1. The number of pyridine rings is 1. The molecule has 140 valence electrons. The molecule has 1 aliphatic heterocycles. The summed E-state index contributed by atoms with van der Waals surface area (Å²) in [5.74, 6) is 0.850. The largest absolute Gasteiger partial charge is 0.496 e. The van der Waals surface area contributed by atoms with E-state index in [-0.39, 0.29) is 11.8 Å². The Morgan fingerprint density at radius 1 is 1.33 bits per heavy atom. The normalized spacial score (nSPS) is 17.1. The Morgan fingerprint density at radius 2 is 2.22 bits per heavy atom. The summed E-state index contributed by atoms with van der Waals surface area (Å²) in [6.45, 7) is 2.10. The Labute approximate surface area is 162 Å². The van der Waals surface area contributed by atoms with E-state index in [1.165, 1.54) is 0 Å². The second-order valence-electron chi connectivity index (χ2n) is 6.64. The molecule has 7 heteroatoms. The van der Waals surface area contributed by atoms with Gasteiger partial charge in [-0.1, -0.05) is 29.5 Å². The second kappa shape index (κ2) is 7.92. The van der Waals surface area contributed by atoms with Crippen LogP contribution < -0.4 is 15.0 Å². The van der Waals surface area contributed by atoms with Gasteiger partial charge in [-0.15, -0.1) is 0 Å². The van der Waals surface area contributed by atoms with Crippen molar-refractivity contribution in [2.24, 2.45) is 5.92 Å². The topological polar surface area (TPSA) is 67.3 Å². The Hall–Kier alpha value is -2.67. The van der Waals surface area contributed by atoms with E-state index in [2.05, 4.69) is 20.2 Å². The summed E-state index contributed by atoms with van der Waals surface area (Å²) < 4.78 is 5.35. The van der Waals surface area contributed by atoms with Crippen molar-refractivity contribution in [3.05, 3.63) is 48.2 Å². The Balaban J connectivity index is 1.40. The van der Waals surface area contributed by atoms with Gasteiger partial charge in [0.05, 0.1) is 13.0 Å². The number of benzene rings is 1. The van der Waals surface area contributed by atoms with Crippen molar-refractivity contribution in [2.45, 2.75) is 19.4 Å². The maximum atomic E-state index is 12.7. The number of ether oxygens (including phenoxy) is 1. The first-order valence-electron chi connectivity index (χ1n) is 9.10. The van der Waals surface area contributed by atoms with Crippen LogP contribution in [0.25, 0.3) is 10.3 Å². The quantitative estimate of drug-likeness (QED) is 0.734. The number of rotatable bonds is 5. The molecular weight excluding hydrogens is 360 g/mol. The Morgan fingerprint density at radius 3 is 3.07 bits per heavy atom. The van der Waals surface area contributed by atoms with Crippen LogP contribution in [0.4, 0.5) is 5.13 Å². The van der Waals surface area contributed by atoms with Gasteiger partial charge in [-0.3, -0.25) is 4.79 Å². The predicted molar refractivity (Wildman–Crippen MR) is 107 cm³/mol. The van der Waals surface area contributed by atoms with E-state index in [9.17, 15) is 4.79 Å². The van der Waals surface area contributed by atoms with Crippen LogP contribution in [-0.2, 0) is 11.3 Å². The summed E-state index contributed by atoms with van der Waals surface area (Å²) in [5, 5.41) is 4.02. The third-order valence-electron chi connectivity index (χ3n) is 4.86. The summed E-state index contributed by atoms with van der Waals surface area (Å²) >= 11 is 1.59. The molecule has 0 unspecified atom stereocenters. The van der Waals surface area contributed by atoms with Crippen LogP contribution in [0.15, 0.2) is 42.6 Å². The number of piperidine rings is 1. The third kappa shape index (κ3) is 3.88. The zero-order valence-electron chi connectivity index (χ0n) is 15.2. The van der Waals surface area contributed by atoms with E-state index < -0.39 is 0 Å². The molecule has 1 atom stereocenters. The van der Waals surface area contributed by atoms with Gasteiger partial charge >= 0.3 is 0 Å². The number of para-hydroxylation sites is 1. The van der Waals surface area contributed by atoms with Crippen molar-refractivity contribution in [1.29, 1.82) is 0 Å². The molecule has 6 nitrogen and oxygen atoms in total. The fourth-order valence-corrected chi connectivity index (χ4v) is 4.38. The van der Waals surface area contributed by atoms with Crippen molar-refractivity contribution in [2.75, 3.05) is 25.1 Å². The third-order valence-corrected chi connectivity index (χ3v) is 5.90. The molecule has 1 saturated heterocycles. The molecule has 27 heavy (non-hydrogen) atoms. The smallest absolute Gasteiger partial charge is 0.225 e. The molecule has 0 aliphatic carbocycles. The van der Waals surface area contributed by atoms with Crippen LogP contribution in [0.3, 0.4) is 0 Å². The standard InChI is InChI=1S/C20H22N4O2S/c1-26-17-9-3-2-6-14(17)12-22-18(25)15-7-5-11-24(13-15)20-23-16-8-4-10-21-19(16)27-20/h2-4,6,8-10,15H,5,7,11-13H2,1H3,(H,22,25)/t15-/m1/s1. The van der Waals surface area contributed by atoms with Gasteiger partial charge in [0.1, 0.15) is 16.1 Å². The van der Waals surface area contributed by atoms with Crippen molar-refractivity contribution in [3.8, 4) is 5.75 Å². The van der Waals surface area contributed by atoms with E-state index >= 15 is 0 Å². The summed E-state index contributed by atoms with van der Waals surface area (Å²) in [4.78, 5) is 24.9. The first kappa shape index (κ1) is 17.7. The van der Waals surface area contributed by atoms with Crippen molar-refractivity contribution in [1.82, 2.24) is 15.3 Å². The number of hydrogen-bond donors (Lipinski definition) is 1. The van der Waals surface area contributed by atoms with Crippen molar-refractivity contribution in [3.63, 3.8) is 0 Å². The van der Waals surface area contributed by atoms with Gasteiger partial charge in [0.25, 0.3) is 0 Å². The van der Waals surface area contributed by atoms with Crippen LogP contribution in [-0.4, -0.2) is 36.1 Å². The molecule has 2 aromatic heterocycles. The second-order valence-corrected chi connectivity index (χ2v) is 7.59. The summed E-state index contributed by atoms with van der Waals surface area (Å²) in [5.41, 5.74) is 1.90. The number of carbonyl (C=O) groups excluding carboxylic acids is 1. The highest BCUT2D eigenvalue weighted by atomic mass is 32.1. The minimum absolute atomic E-state index is 0.0339. The van der Waals surface area contributed by atoms with E-state index in [1.54, 1.807) is 24.6 Å². The molecule has 3 heterocycles. The van der Waals surface area contributed by atoms with Crippen LogP contribution in [0.1, 0.15) is 18.4 Å². The zero-order chi connectivity index (χ0) is 18.6. The predicted octanol–water partition coefficient (Wildman–Crippen LogP) is 3.23. The molecule has 0 spiro atoms. The highest BCUT2D eigenvalue weighted by Gasteiger charge is 2.27. The van der Waals surface area contributed by atoms with Gasteiger partial charge in [0, 0.05) is 31.4 Å². The Kier molecular flexibility index (Phi) is 5.20. The molecule has 1 amide bonds. The average Bonchev–Trinajstić information content (AvgIpc) is 3.16. The van der Waals surface area contributed by atoms with Crippen LogP contribution in [0.2, 0.25) is 0 Å². The van der Waals surface area contributed by atoms with Crippen molar-refractivity contribution >= 4 is 32.7 Å². The van der Waals surface area contributed by atoms with Gasteiger partial charge in [0.15, 0.2) is 5.13 Å². The first-order valence-corrected chi connectivity index (χ1v) is 9.92. The number of amides is 1. The lowest BCUT2D eigenvalue weighted by Crippen LogP contribution is -2.43. The number of nitrogens with zero attached hydrogens (tertiary/aromatic N) is 3. The van der Waals surface area contributed by atoms with E-state index in [4.69, 9.17) is 4.74 Å². The lowest BCUT2D eigenvalue weighted by molar-refractivity contribution is -0.125. The number of hydrogen-bond acceptors (Lipinski definition) is 6. The summed E-state index contributed by atoms with van der Waals surface area (Å²) in [6.07, 6.45) is 3.67. The number of carbonyl (C=O) groups is 1. The first-order chi connectivity index (χ1) is 13.2. The molecule has 3 aromatic rings. The molecule has 0 bridgehead atoms. The molecule has 1 aromatic carbocycles. The molecular formula is C20H22N4O2S. The SMILES string of the molecule is COc1ccccc1CNC(=O)[C@@H]1CCCN(c2nc3cccnc3s2)C1. The zero-order valence-corrected chi connectivity index (χ0v) is 16.0. The number of fused-ring (bicyclic) bond motifs is 1. The molecule has 4 rings (SSSR count). The molecule has 1 aliphatic rings. The monoisotopic (exact) mass is 382 g/mol. The molecule has 1 fully saturated rings. The highest BCUT2D eigenvalue weighted by Crippen LogP contribution is 2.30. The average molecular weight is 382 g/mol. The van der Waals surface area contributed by atoms with Crippen LogP contribution in [0, 0.1) is 5.92 Å². The van der Waals surface area contributed by atoms with Crippen LogP contribution in [0.5, 0.6) is 5.75 Å². The summed E-state index contributed by atoms with van der Waals surface area (Å²) in [6, 6.07) is 11.6. The van der Waals surface area contributed by atoms with Gasteiger partial charge < -0.3 is 15.0 Å². The van der Waals surface area contributed by atoms with Crippen LogP contribution >= 0.6 is 11.3 Å². The number of nitrogens with one attached hydrogen (secondary N) is 1. The van der Waals surface area contributed by atoms with E-state index in [0.29, 0.717) is 13.1 Å². The lowest BCUT2D eigenvalue weighted by Gasteiger charge is -2.31. The van der Waals surface area contributed by atoms with Gasteiger partial charge in [-0.2, -0.15) is 0 Å². The fraction of sp³-hybridized carbons (Fsp3) is 0.350. The van der Waals surface area contributed by atoms with Gasteiger partial charge in [-0.25, -0.2) is 9.97 Å². The van der Waals surface area contributed by atoms with Gasteiger partial charge in [0.2, 0.25) is 5.91 Å². The number of aromatic nitrogens is 2. The lowest BCUT2D eigenvalue weighted by atomic mass is 9.97. The maximum Gasteiger partial charge on any atom is 0.225 e. The Bertz CT molecular complexity index is 909. The molecule has 0 saturated carbocycles. The summed E-state index contributed by atoms with van der Waals surface area (Å²) in [7, 11) is 1.65. The fourth-order valence-electron chi connectivity index (χ4n) is 3.43. The van der Waals surface area contributed by atoms with E-state index in [0.717, 1.165) is 46.2 Å². The van der Waals surface area contributed by atoms with E-state index in [1.807, 2.05) is 36.4 Å². The number of methoxy groups -OCH3 is 1. The minimum atomic E-state index is -0.0339. The van der Waals surface area contributed by atoms with Gasteiger partial charge in [-0.05, 0) is 31.0 Å².